The molecule has 0 aliphatic carbocycles. The number of fused-ring (bicyclic) bond motifs is 1. The zero-order valence-electron chi connectivity index (χ0n) is 10.6. The molecule has 17 heavy (non-hydrogen) atoms. The van der Waals surface area contributed by atoms with E-state index in [9.17, 15) is 0 Å². The molecule has 0 saturated carbocycles. The number of hydrogen-bond acceptors (Lipinski definition) is 3. The first-order valence-corrected chi connectivity index (χ1v) is 6.32. The summed E-state index contributed by atoms with van der Waals surface area (Å²) >= 11 is 0. The van der Waals surface area contributed by atoms with Crippen LogP contribution in [-0.2, 0) is 6.54 Å². The van der Waals surface area contributed by atoms with E-state index >= 15 is 0 Å². The Morgan fingerprint density at radius 1 is 1.41 bits per heavy atom. The lowest BCUT2D eigenvalue weighted by Gasteiger charge is -2.15. The Bertz CT molecular complexity index is 489. The van der Waals surface area contributed by atoms with E-state index in [0.717, 1.165) is 36.2 Å². The van der Waals surface area contributed by atoms with Gasteiger partial charge in [-0.15, -0.1) is 0 Å². The molecule has 0 amide bonds. The quantitative estimate of drug-likeness (QED) is 0.860. The van der Waals surface area contributed by atoms with E-state index in [4.69, 9.17) is 10.7 Å². The molecule has 4 heteroatoms. The fourth-order valence-corrected chi connectivity index (χ4v) is 2.35. The van der Waals surface area contributed by atoms with Crippen molar-refractivity contribution in [2.75, 3.05) is 6.54 Å². The van der Waals surface area contributed by atoms with Gasteiger partial charge in [0.1, 0.15) is 11.3 Å². The van der Waals surface area contributed by atoms with Gasteiger partial charge in [0, 0.05) is 25.2 Å². The summed E-state index contributed by atoms with van der Waals surface area (Å²) in [7, 11) is 0. The van der Waals surface area contributed by atoms with Gasteiger partial charge in [-0.05, 0) is 19.4 Å². The van der Waals surface area contributed by atoms with Crippen molar-refractivity contribution in [2.45, 2.75) is 39.2 Å². The minimum absolute atomic E-state index is 0.354. The van der Waals surface area contributed by atoms with Gasteiger partial charge in [0.2, 0.25) is 0 Å². The van der Waals surface area contributed by atoms with Crippen molar-refractivity contribution in [3.05, 3.63) is 24.3 Å². The van der Waals surface area contributed by atoms with Gasteiger partial charge in [0.15, 0.2) is 0 Å². The highest BCUT2D eigenvalue weighted by Gasteiger charge is 2.17. The van der Waals surface area contributed by atoms with Gasteiger partial charge in [-0.1, -0.05) is 13.3 Å². The minimum atomic E-state index is 0.354. The van der Waals surface area contributed by atoms with Gasteiger partial charge in [-0.25, -0.2) is 4.98 Å². The summed E-state index contributed by atoms with van der Waals surface area (Å²) in [6, 6.07) is 2.02. The molecule has 0 fully saturated rings. The predicted octanol–water partition coefficient (Wildman–Crippen LogP) is 2.29. The Hall–Kier alpha value is -1.42. The molecule has 1 atom stereocenters. The van der Waals surface area contributed by atoms with Crippen LogP contribution in [0.5, 0.6) is 0 Å². The van der Waals surface area contributed by atoms with Crippen molar-refractivity contribution < 1.29 is 0 Å². The molecule has 0 radical (unpaired) electrons. The number of hydrogen-bond donors (Lipinski definition) is 1. The Balaban J connectivity index is 2.51. The molecular weight excluding hydrogens is 212 g/mol. The number of aryl methyl sites for hydroxylation is 1. The molecule has 0 aromatic carbocycles. The molecule has 2 aromatic rings. The maximum atomic E-state index is 5.87. The number of rotatable bonds is 5. The SMILES string of the molecule is CCCC(CN)c1nc2cnccc2n1CC. The second-order valence-corrected chi connectivity index (χ2v) is 4.30. The van der Waals surface area contributed by atoms with Gasteiger partial charge < -0.3 is 10.3 Å². The first-order valence-electron chi connectivity index (χ1n) is 6.32. The molecule has 4 nitrogen and oxygen atoms in total. The summed E-state index contributed by atoms with van der Waals surface area (Å²) in [5, 5.41) is 0. The van der Waals surface area contributed by atoms with Crippen LogP contribution in [0.25, 0.3) is 11.0 Å². The third kappa shape index (κ3) is 2.17. The second-order valence-electron chi connectivity index (χ2n) is 4.30. The highest BCUT2D eigenvalue weighted by atomic mass is 15.1. The molecular formula is C13H20N4. The summed E-state index contributed by atoms with van der Waals surface area (Å²) in [5.41, 5.74) is 8.00. The topological polar surface area (TPSA) is 56.7 Å². The van der Waals surface area contributed by atoms with Crippen LogP contribution in [0, 0.1) is 0 Å². The highest BCUT2D eigenvalue weighted by molar-refractivity contribution is 5.74. The summed E-state index contributed by atoms with van der Waals surface area (Å²) in [6.45, 7) is 5.91. The first-order chi connectivity index (χ1) is 8.31. The maximum Gasteiger partial charge on any atom is 0.114 e. The Kier molecular flexibility index (Phi) is 3.74. The molecule has 2 N–H and O–H groups in total. The lowest BCUT2D eigenvalue weighted by Crippen LogP contribution is -2.17. The summed E-state index contributed by atoms with van der Waals surface area (Å²) in [6.07, 6.45) is 5.86. The average Bonchev–Trinajstić information content (AvgIpc) is 2.74. The maximum absolute atomic E-state index is 5.87. The van der Waals surface area contributed by atoms with Crippen molar-refractivity contribution in [1.82, 2.24) is 14.5 Å². The van der Waals surface area contributed by atoms with E-state index in [1.54, 1.807) is 0 Å². The zero-order valence-corrected chi connectivity index (χ0v) is 10.6. The van der Waals surface area contributed by atoms with Crippen molar-refractivity contribution in [2.24, 2.45) is 5.73 Å². The number of imidazole rings is 1. The fourth-order valence-electron chi connectivity index (χ4n) is 2.35. The third-order valence-electron chi connectivity index (χ3n) is 3.18. The molecule has 2 heterocycles. The van der Waals surface area contributed by atoms with E-state index < -0.39 is 0 Å². The zero-order chi connectivity index (χ0) is 12.3. The first kappa shape index (κ1) is 12.0. The Morgan fingerprint density at radius 2 is 2.24 bits per heavy atom. The molecule has 92 valence electrons. The smallest absolute Gasteiger partial charge is 0.114 e. The van der Waals surface area contributed by atoms with Crippen LogP contribution in [0.4, 0.5) is 0 Å². The van der Waals surface area contributed by atoms with Crippen molar-refractivity contribution in [3.8, 4) is 0 Å². The number of nitrogens with zero attached hydrogens (tertiary/aromatic N) is 3. The standard InChI is InChI=1S/C13H20N4/c1-3-5-10(8-14)13-16-11-9-15-7-6-12(11)17(13)4-2/h6-7,9-10H,3-5,8,14H2,1-2H3. The molecule has 0 spiro atoms. The normalized spacial score (nSPS) is 13.1. The minimum Gasteiger partial charge on any atom is -0.330 e. The van der Waals surface area contributed by atoms with Gasteiger partial charge in [-0.3, -0.25) is 4.98 Å². The molecule has 2 rings (SSSR count). The van der Waals surface area contributed by atoms with Crippen LogP contribution in [0.1, 0.15) is 38.4 Å². The molecule has 0 aliphatic rings. The number of aromatic nitrogens is 3. The van der Waals surface area contributed by atoms with Crippen LogP contribution in [0.15, 0.2) is 18.5 Å². The summed E-state index contributed by atoms with van der Waals surface area (Å²) < 4.78 is 2.25. The van der Waals surface area contributed by atoms with Crippen LogP contribution in [0.2, 0.25) is 0 Å². The van der Waals surface area contributed by atoms with E-state index in [-0.39, 0.29) is 0 Å². The molecule has 0 saturated heterocycles. The molecule has 2 aromatic heterocycles. The predicted molar refractivity (Wildman–Crippen MR) is 69.9 cm³/mol. The van der Waals surface area contributed by atoms with E-state index in [1.807, 2.05) is 18.5 Å². The molecule has 0 aliphatic heterocycles. The van der Waals surface area contributed by atoms with Crippen molar-refractivity contribution >= 4 is 11.0 Å². The number of pyridine rings is 1. The van der Waals surface area contributed by atoms with Crippen molar-refractivity contribution in [3.63, 3.8) is 0 Å². The van der Waals surface area contributed by atoms with Crippen molar-refractivity contribution in [1.29, 1.82) is 0 Å². The molecule has 0 bridgehead atoms. The monoisotopic (exact) mass is 232 g/mol. The van der Waals surface area contributed by atoms with E-state index in [2.05, 4.69) is 23.4 Å². The Labute approximate surface area is 102 Å². The van der Waals surface area contributed by atoms with E-state index in [1.165, 1.54) is 0 Å². The largest absolute Gasteiger partial charge is 0.330 e. The van der Waals surface area contributed by atoms with Crippen LogP contribution in [0.3, 0.4) is 0 Å². The van der Waals surface area contributed by atoms with Gasteiger partial charge in [0.25, 0.3) is 0 Å². The summed E-state index contributed by atoms with van der Waals surface area (Å²) in [4.78, 5) is 8.82. The van der Waals surface area contributed by atoms with Gasteiger partial charge in [-0.2, -0.15) is 0 Å². The molecule has 1 unspecified atom stereocenters. The van der Waals surface area contributed by atoms with Crippen LogP contribution >= 0.6 is 0 Å². The highest BCUT2D eigenvalue weighted by Crippen LogP contribution is 2.24. The lowest BCUT2D eigenvalue weighted by molar-refractivity contribution is 0.557. The second kappa shape index (κ2) is 5.27. The van der Waals surface area contributed by atoms with Crippen LogP contribution in [-0.4, -0.2) is 21.1 Å². The fraction of sp³-hybridized carbons (Fsp3) is 0.538. The third-order valence-corrected chi connectivity index (χ3v) is 3.18. The number of nitrogens with two attached hydrogens (primary N) is 1. The van der Waals surface area contributed by atoms with Gasteiger partial charge >= 0.3 is 0 Å². The Morgan fingerprint density at radius 3 is 2.88 bits per heavy atom. The van der Waals surface area contributed by atoms with E-state index in [0.29, 0.717) is 12.5 Å². The average molecular weight is 232 g/mol. The van der Waals surface area contributed by atoms with Crippen LogP contribution < -0.4 is 5.73 Å². The lowest BCUT2D eigenvalue weighted by atomic mass is 10.0. The van der Waals surface area contributed by atoms with Gasteiger partial charge in [0.05, 0.1) is 11.7 Å². The summed E-state index contributed by atoms with van der Waals surface area (Å²) in [5.74, 6) is 1.47.